The van der Waals surface area contributed by atoms with Crippen molar-refractivity contribution in [2.24, 2.45) is 11.7 Å². The van der Waals surface area contributed by atoms with Crippen LogP contribution in [-0.2, 0) is 10.0 Å². The first-order valence-electron chi connectivity index (χ1n) is 6.27. The summed E-state index contributed by atoms with van der Waals surface area (Å²) in [5.41, 5.74) is 5.86. The first-order chi connectivity index (χ1) is 8.91. The van der Waals surface area contributed by atoms with E-state index in [9.17, 15) is 8.42 Å². The number of sulfonamides is 1. The van der Waals surface area contributed by atoms with Gasteiger partial charge < -0.3 is 5.73 Å². The zero-order valence-electron chi connectivity index (χ0n) is 10.8. The second kappa shape index (κ2) is 5.75. The number of hydrogen-bond acceptors (Lipinski definition) is 4. The van der Waals surface area contributed by atoms with Crippen molar-refractivity contribution in [1.29, 1.82) is 0 Å². The van der Waals surface area contributed by atoms with E-state index >= 15 is 0 Å². The third-order valence-corrected chi connectivity index (χ3v) is 5.63. The third-order valence-electron chi connectivity index (χ3n) is 3.56. The predicted octanol–water partition coefficient (Wildman–Crippen LogP) is 1.48. The van der Waals surface area contributed by atoms with E-state index in [1.165, 1.54) is 22.8 Å². The maximum Gasteiger partial charge on any atom is 0.244 e. The van der Waals surface area contributed by atoms with Gasteiger partial charge in [-0.05, 0) is 31.7 Å². The molecular weight excluding hydrogens is 286 g/mol. The topological polar surface area (TPSA) is 76.3 Å². The lowest BCUT2D eigenvalue weighted by Gasteiger charge is -2.32. The molecule has 1 saturated heterocycles. The minimum Gasteiger partial charge on any atom is -0.328 e. The number of nitrogens with zero attached hydrogens (tertiary/aromatic N) is 2. The van der Waals surface area contributed by atoms with Gasteiger partial charge in [0.1, 0.15) is 4.90 Å². The summed E-state index contributed by atoms with van der Waals surface area (Å²) >= 11 is 5.79. The molecule has 0 amide bonds. The van der Waals surface area contributed by atoms with Crippen molar-refractivity contribution in [2.45, 2.75) is 30.7 Å². The molecule has 19 heavy (non-hydrogen) atoms. The Bertz CT molecular complexity index is 540. The van der Waals surface area contributed by atoms with E-state index in [2.05, 4.69) is 4.98 Å². The van der Waals surface area contributed by atoms with Gasteiger partial charge in [0, 0.05) is 31.5 Å². The van der Waals surface area contributed by atoms with Gasteiger partial charge in [0.05, 0.1) is 5.02 Å². The molecule has 0 bridgehead atoms. The highest BCUT2D eigenvalue weighted by Gasteiger charge is 2.30. The molecule has 1 fully saturated rings. The Hall–Kier alpha value is -0.690. The lowest BCUT2D eigenvalue weighted by molar-refractivity contribution is 0.250. The van der Waals surface area contributed by atoms with Crippen molar-refractivity contribution in [3.05, 3.63) is 23.5 Å². The van der Waals surface area contributed by atoms with E-state index < -0.39 is 10.0 Å². The zero-order chi connectivity index (χ0) is 14.0. The highest BCUT2D eigenvalue weighted by molar-refractivity contribution is 7.89. The van der Waals surface area contributed by atoms with Crippen LogP contribution in [0, 0.1) is 5.92 Å². The molecular formula is C12H18ClN3O2S. The Kier molecular flexibility index (Phi) is 4.45. The van der Waals surface area contributed by atoms with Crippen LogP contribution in [0.25, 0.3) is 0 Å². The molecule has 1 unspecified atom stereocenters. The minimum atomic E-state index is -3.49. The molecule has 1 aromatic rings. The normalized spacial score (nSPS) is 20.4. The lowest BCUT2D eigenvalue weighted by Crippen LogP contribution is -2.42. The second-order valence-electron chi connectivity index (χ2n) is 4.94. The van der Waals surface area contributed by atoms with Crippen LogP contribution in [-0.4, -0.2) is 36.8 Å². The maximum atomic E-state index is 12.4. The maximum absolute atomic E-state index is 12.4. The molecule has 0 aromatic carbocycles. The Morgan fingerprint density at radius 2 is 2.05 bits per heavy atom. The molecule has 0 spiro atoms. The first kappa shape index (κ1) is 14.7. The van der Waals surface area contributed by atoms with Gasteiger partial charge in [-0.3, -0.25) is 4.98 Å². The molecule has 2 rings (SSSR count). The second-order valence-corrected chi connectivity index (χ2v) is 7.31. The van der Waals surface area contributed by atoms with Gasteiger partial charge in [0.25, 0.3) is 0 Å². The van der Waals surface area contributed by atoms with Crippen LogP contribution in [0.5, 0.6) is 0 Å². The quantitative estimate of drug-likeness (QED) is 0.917. The molecule has 0 radical (unpaired) electrons. The van der Waals surface area contributed by atoms with Crippen molar-refractivity contribution in [1.82, 2.24) is 9.29 Å². The zero-order valence-corrected chi connectivity index (χ0v) is 12.4. The van der Waals surface area contributed by atoms with Gasteiger partial charge in [-0.15, -0.1) is 0 Å². The van der Waals surface area contributed by atoms with Crippen molar-refractivity contribution >= 4 is 21.6 Å². The standard InChI is InChI=1S/C12H18ClN3O2S/c1-9(14)10-2-4-16(5-3-10)19(17,18)12-6-11(13)7-15-8-12/h6-10H,2-5,14H2,1H3. The molecule has 0 saturated carbocycles. The molecule has 0 aliphatic carbocycles. The van der Waals surface area contributed by atoms with Crippen molar-refractivity contribution in [3.8, 4) is 0 Å². The Morgan fingerprint density at radius 1 is 1.42 bits per heavy atom. The Labute approximate surface area is 118 Å². The molecule has 1 aliphatic rings. The fourth-order valence-corrected chi connectivity index (χ4v) is 4.02. The molecule has 2 N–H and O–H groups in total. The number of rotatable bonds is 3. The van der Waals surface area contributed by atoms with Crippen LogP contribution in [0.15, 0.2) is 23.4 Å². The largest absolute Gasteiger partial charge is 0.328 e. The lowest BCUT2D eigenvalue weighted by atomic mass is 9.92. The number of pyridine rings is 1. The van der Waals surface area contributed by atoms with Crippen molar-refractivity contribution < 1.29 is 8.42 Å². The highest BCUT2D eigenvalue weighted by atomic mass is 35.5. The molecule has 7 heteroatoms. The Balaban J connectivity index is 2.14. The fourth-order valence-electron chi connectivity index (χ4n) is 2.32. The highest BCUT2D eigenvalue weighted by Crippen LogP contribution is 2.25. The SMILES string of the molecule is CC(N)C1CCN(S(=O)(=O)c2cncc(Cl)c2)CC1. The van der Waals surface area contributed by atoms with Crippen molar-refractivity contribution in [2.75, 3.05) is 13.1 Å². The summed E-state index contributed by atoms with van der Waals surface area (Å²) in [4.78, 5) is 3.98. The van der Waals surface area contributed by atoms with Crippen LogP contribution < -0.4 is 5.73 Å². The van der Waals surface area contributed by atoms with Crippen molar-refractivity contribution in [3.63, 3.8) is 0 Å². The van der Waals surface area contributed by atoms with Gasteiger partial charge in [-0.1, -0.05) is 11.6 Å². The van der Waals surface area contributed by atoms with E-state index in [1.807, 2.05) is 6.92 Å². The molecule has 1 aromatic heterocycles. The summed E-state index contributed by atoms with van der Waals surface area (Å²) in [6.45, 7) is 2.97. The van der Waals surface area contributed by atoms with E-state index in [0.29, 0.717) is 24.0 Å². The molecule has 5 nitrogen and oxygen atoms in total. The van der Waals surface area contributed by atoms with Gasteiger partial charge >= 0.3 is 0 Å². The summed E-state index contributed by atoms with van der Waals surface area (Å²) in [5.74, 6) is 0.393. The average molecular weight is 304 g/mol. The number of hydrogen-bond donors (Lipinski definition) is 1. The number of aromatic nitrogens is 1. The van der Waals surface area contributed by atoms with Gasteiger partial charge in [0.2, 0.25) is 10.0 Å². The first-order valence-corrected chi connectivity index (χ1v) is 8.09. The number of nitrogens with two attached hydrogens (primary N) is 1. The fraction of sp³-hybridized carbons (Fsp3) is 0.583. The molecule has 1 atom stereocenters. The van der Waals surface area contributed by atoms with Crippen LogP contribution in [0.1, 0.15) is 19.8 Å². The van der Waals surface area contributed by atoms with Gasteiger partial charge in [0.15, 0.2) is 0 Å². The smallest absolute Gasteiger partial charge is 0.244 e. The number of piperidine rings is 1. The van der Waals surface area contributed by atoms with Gasteiger partial charge in [-0.2, -0.15) is 4.31 Å². The van der Waals surface area contributed by atoms with Gasteiger partial charge in [-0.25, -0.2) is 8.42 Å². The average Bonchev–Trinajstić information content (AvgIpc) is 2.39. The minimum absolute atomic E-state index is 0.109. The predicted molar refractivity (Wildman–Crippen MR) is 74.4 cm³/mol. The molecule has 1 aliphatic heterocycles. The van der Waals surface area contributed by atoms with E-state index in [1.54, 1.807) is 0 Å². The van der Waals surface area contributed by atoms with Crippen LogP contribution in [0.2, 0.25) is 5.02 Å². The number of halogens is 1. The monoisotopic (exact) mass is 303 g/mol. The summed E-state index contributed by atoms with van der Waals surface area (Å²) in [6, 6.07) is 1.54. The summed E-state index contributed by atoms with van der Waals surface area (Å²) in [6.07, 6.45) is 4.34. The summed E-state index contributed by atoms with van der Waals surface area (Å²) in [5, 5.41) is 0.326. The van der Waals surface area contributed by atoms with Crippen LogP contribution in [0.3, 0.4) is 0 Å². The third kappa shape index (κ3) is 3.25. The molecule has 106 valence electrons. The van der Waals surface area contributed by atoms with E-state index in [0.717, 1.165) is 12.8 Å². The van der Waals surface area contributed by atoms with E-state index in [4.69, 9.17) is 17.3 Å². The summed E-state index contributed by atoms with van der Waals surface area (Å²) < 4.78 is 26.3. The van der Waals surface area contributed by atoms with Crippen LogP contribution in [0.4, 0.5) is 0 Å². The summed E-state index contributed by atoms with van der Waals surface area (Å²) in [7, 11) is -3.49. The van der Waals surface area contributed by atoms with Crippen LogP contribution >= 0.6 is 11.6 Å². The van der Waals surface area contributed by atoms with E-state index in [-0.39, 0.29) is 10.9 Å². The Morgan fingerprint density at radius 3 is 2.58 bits per heavy atom. The molecule has 2 heterocycles.